The van der Waals surface area contributed by atoms with Crippen molar-refractivity contribution in [1.82, 2.24) is 10.6 Å². The Balaban J connectivity index is 0.00000152. The molecule has 312 valence electrons. The van der Waals surface area contributed by atoms with Gasteiger partial charge in [-0.3, -0.25) is 0 Å². The van der Waals surface area contributed by atoms with Crippen LogP contribution in [0.25, 0.3) is 29.0 Å². The van der Waals surface area contributed by atoms with Gasteiger partial charge in [-0.25, -0.2) is 4.99 Å². The molecule has 0 saturated carbocycles. The first kappa shape index (κ1) is 46.5. The highest BCUT2D eigenvalue weighted by Crippen LogP contribution is 2.34. The molecule has 2 aliphatic rings. The number of rotatable bonds is 11. The fraction of sp³-hybridized carbons (Fsp3) is 0.255. The van der Waals surface area contributed by atoms with Gasteiger partial charge in [0.05, 0.1) is 28.8 Å². The Morgan fingerprint density at radius 1 is 0.850 bits per heavy atom. The Kier molecular flexibility index (Phi) is 17.7. The van der Waals surface area contributed by atoms with E-state index >= 15 is 0 Å². The molecule has 1 aliphatic carbocycles. The highest BCUT2D eigenvalue weighted by Gasteiger charge is 2.25. The van der Waals surface area contributed by atoms with Crippen molar-refractivity contribution in [3.05, 3.63) is 207 Å². The minimum Gasteiger partial charge on any atom is -0.398 e. The van der Waals surface area contributed by atoms with E-state index in [0.717, 1.165) is 68.3 Å². The van der Waals surface area contributed by atoms with Gasteiger partial charge in [0.1, 0.15) is 0 Å². The number of aryl methyl sites for hydroxylation is 2. The highest BCUT2D eigenvalue weighted by molar-refractivity contribution is 6.15. The molecule has 6 rings (SSSR count). The van der Waals surface area contributed by atoms with Gasteiger partial charge in [0.25, 0.3) is 0 Å². The molecule has 1 aliphatic heterocycles. The fourth-order valence-electron chi connectivity index (χ4n) is 7.46. The molecule has 5 heteroatoms. The molecule has 0 amide bonds. The van der Waals surface area contributed by atoms with Crippen molar-refractivity contribution in [2.75, 3.05) is 7.05 Å². The normalized spacial score (nSPS) is 16.6. The monoisotopic (exact) mass is 798 g/mol. The molecule has 60 heavy (non-hydrogen) atoms. The zero-order chi connectivity index (χ0) is 43.8. The maximum Gasteiger partial charge on any atom is 0.0931 e. The van der Waals surface area contributed by atoms with Crippen molar-refractivity contribution in [3.8, 4) is 11.1 Å². The van der Waals surface area contributed by atoms with E-state index < -0.39 is 0 Å². The van der Waals surface area contributed by atoms with Gasteiger partial charge in [0.15, 0.2) is 0 Å². The van der Waals surface area contributed by atoms with E-state index in [4.69, 9.17) is 10.7 Å². The average molecular weight is 798 g/mol. The maximum absolute atomic E-state index is 6.80. The Hall–Kier alpha value is -6.17. The van der Waals surface area contributed by atoms with Crippen molar-refractivity contribution in [2.24, 2.45) is 22.4 Å². The molecule has 0 fully saturated rings. The molecular weight excluding hydrogens is 731 g/mol. The van der Waals surface area contributed by atoms with E-state index in [1.165, 1.54) is 46.8 Å². The van der Waals surface area contributed by atoms with Crippen LogP contribution in [0.5, 0.6) is 0 Å². The predicted molar refractivity (Wildman–Crippen MR) is 263 cm³/mol. The van der Waals surface area contributed by atoms with Crippen molar-refractivity contribution in [1.29, 1.82) is 0 Å². The third kappa shape index (κ3) is 11.3. The zero-order valence-corrected chi connectivity index (χ0v) is 37.7. The Morgan fingerprint density at radius 3 is 2.18 bits per heavy atom. The van der Waals surface area contributed by atoms with Gasteiger partial charge in [-0.1, -0.05) is 143 Å². The Morgan fingerprint density at radius 2 is 1.53 bits per heavy atom. The van der Waals surface area contributed by atoms with Crippen LogP contribution in [0.3, 0.4) is 0 Å². The molecule has 5 nitrogen and oxygen atoms in total. The number of hydrogen-bond donors (Lipinski definition) is 4. The van der Waals surface area contributed by atoms with Crippen LogP contribution in [0.1, 0.15) is 111 Å². The number of allylic oxidation sites excluding steroid dienone is 8. The molecule has 4 aromatic rings. The van der Waals surface area contributed by atoms with E-state index in [0.29, 0.717) is 5.92 Å². The molecular formula is C55H67N5. The van der Waals surface area contributed by atoms with E-state index in [1.807, 2.05) is 37.4 Å². The summed E-state index contributed by atoms with van der Waals surface area (Å²) in [7, 11) is 1.50. The van der Waals surface area contributed by atoms with Gasteiger partial charge >= 0.3 is 0 Å². The fourth-order valence-corrected chi connectivity index (χ4v) is 7.46. The molecule has 0 saturated heterocycles. The Bertz CT molecular complexity index is 2360. The first-order valence-corrected chi connectivity index (χ1v) is 21.3. The summed E-state index contributed by atoms with van der Waals surface area (Å²) >= 11 is 0. The summed E-state index contributed by atoms with van der Waals surface area (Å²) in [5, 5.41) is 6.99. The predicted octanol–water partition coefficient (Wildman–Crippen LogP) is 13.1. The second-order valence-electron chi connectivity index (χ2n) is 15.2. The standard InChI is InChI=1S/C51H54N4.C3H8.CH5N/c1-9-13-14-28-53-51-45(11-3)36(8)54-50(48(51)52)38-22-20-37(21-23-38)46-27-26-42(30-35(46)7)47(12-4)55-49(43-19-17-34(6)39(31-43)15-10-2)44-25-24-40-29-33(5)16-18-41(40)32-44;1-3-2;1-2/h9-28,30-33,50,53-54H,3,29,52H2,1-2,4-8H3;3H2,1-2H3;2H2,1H3/b13-9-,15-10-,28-14-,47-12-,55-49?;;. The highest BCUT2D eigenvalue weighted by atomic mass is 15.0. The average Bonchev–Trinajstić information content (AvgIpc) is 3.25. The maximum atomic E-state index is 6.80. The number of nitrogens with zero attached hydrogens (tertiary/aromatic N) is 1. The molecule has 2 atom stereocenters. The van der Waals surface area contributed by atoms with Crippen LogP contribution >= 0.6 is 0 Å². The van der Waals surface area contributed by atoms with Crippen molar-refractivity contribution < 1.29 is 0 Å². The lowest BCUT2D eigenvalue weighted by molar-refractivity contribution is 0.636. The van der Waals surface area contributed by atoms with E-state index in [2.05, 4.69) is 188 Å². The topological polar surface area (TPSA) is 88.5 Å². The summed E-state index contributed by atoms with van der Waals surface area (Å²) in [5.41, 5.74) is 29.8. The summed E-state index contributed by atoms with van der Waals surface area (Å²) in [6.45, 7) is 23.1. The first-order valence-electron chi connectivity index (χ1n) is 21.3. The van der Waals surface area contributed by atoms with Gasteiger partial charge in [0, 0.05) is 34.2 Å². The first-order chi connectivity index (χ1) is 29.1. The van der Waals surface area contributed by atoms with Crippen molar-refractivity contribution >= 4 is 23.6 Å². The summed E-state index contributed by atoms with van der Waals surface area (Å²) in [5.74, 6) is 0.551. The largest absolute Gasteiger partial charge is 0.398 e. The molecule has 2 unspecified atom stereocenters. The lowest BCUT2D eigenvalue weighted by atomic mass is 9.88. The summed E-state index contributed by atoms with van der Waals surface area (Å²) in [6.07, 6.45) is 22.9. The minimum atomic E-state index is -0.166. The van der Waals surface area contributed by atoms with E-state index in [9.17, 15) is 0 Å². The van der Waals surface area contributed by atoms with Gasteiger partial charge in [-0.2, -0.15) is 0 Å². The van der Waals surface area contributed by atoms with E-state index in [-0.39, 0.29) is 6.04 Å². The van der Waals surface area contributed by atoms with E-state index in [1.54, 1.807) is 0 Å². The van der Waals surface area contributed by atoms with Gasteiger partial charge in [0.2, 0.25) is 0 Å². The molecule has 1 heterocycles. The van der Waals surface area contributed by atoms with Crippen LogP contribution < -0.4 is 22.1 Å². The number of nitrogens with two attached hydrogens (primary N) is 2. The van der Waals surface area contributed by atoms with Gasteiger partial charge in [-0.05, 0) is 130 Å². The summed E-state index contributed by atoms with van der Waals surface area (Å²) in [6, 6.07) is 28.7. The van der Waals surface area contributed by atoms with Crippen LogP contribution in [-0.4, -0.2) is 12.8 Å². The van der Waals surface area contributed by atoms with Gasteiger partial charge < -0.3 is 22.1 Å². The van der Waals surface area contributed by atoms with Crippen molar-refractivity contribution in [2.45, 2.75) is 81.2 Å². The molecule has 0 aromatic heterocycles. The number of hydrogen-bond acceptors (Lipinski definition) is 5. The number of dihydropyridines is 1. The second kappa shape index (κ2) is 22.8. The SMILES string of the molecule is C=CC1=C(C)NC(c2ccc(-c3ccc(/C(=C/C)N=C(c4ccc5c(c4)C=CC(C)C5)c4ccc(C)c(/C=C\C)c4)cc3C)cc2)C(N)=C1N/C=C\C=C/C.CCC.CN. The third-order valence-corrected chi connectivity index (χ3v) is 10.5. The minimum absolute atomic E-state index is 0.166. The molecule has 6 N–H and O–H groups in total. The second-order valence-corrected chi connectivity index (χ2v) is 15.2. The molecule has 0 radical (unpaired) electrons. The molecule has 4 aromatic carbocycles. The van der Waals surface area contributed by atoms with Crippen LogP contribution in [0.2, 0.25) is 0 Å². The zero-order valence-electron chi connectivity index (χ0n) is 37.7. The summed E-state index contributed by atoms with van der Waals surface area (Å²) < 4.78 is 0. The summed E-state index contributed by atoms with van der Waals surface area (Å²) in [4.78, 5) is 5.45. The number of nitrogens with one attached hydrogen (secondary N) is 2. The van der Waals surface area contributed by atoms with Gasteiger partial charge in [-0.15, -0.1) is 0 Å². The number of benzene rings is 4. The van der Waals surface area contributed by atoms with Crippen molar-refractivity contribution in [3.63, 3.8) is 0 Å². The van der Waals surface area contributed by atoms with Crippen LogP contribution in [-0.2, 0) is 6.42 Å². The number of aliphatic imine (C=N–C) groups is 1. The lowest BCUT2D eigenvalue weighted by Gasteiger charge is -2.30. The van der Waals surface area contributed by atoms with Crippen LogP contribution in [0.4, 0.5) is 0 Å². The smallest absolute Gasteiger partial charge is 0.0931 e. The third-order valence-electron chi connectivity index (χ3n) is 10.5. The van der Waals surface area contributed by atoms with Crippen LogP contribution in [0, 0.1) is 19.8 Å². The number of fused-ring (bicyclic) bond motifs is 1. The molecule has 0 spiro atoms. The molecule has 0 bridgehead atoms. The quantitative estimate of drug-likeness (QED) is 0.0899. The Labute approximate surface area is 361 Å². The van der Waals surface area contributed by atoms with Crippen LogP contribution in [0.15, 0.2) is 162 Å². The lowest BCUT2D eigenvalue weighted by Crippen LogP contribution is -2.34.